The quantitative estimate of drug-likeness (QED) is 0.510. The average molecular weight is 455 g/mol. The second kappa shape index (κ2) is 9.73. The molecule has 4 heteroatoms. The van der Waals surface area contributed by atoms with Gasteiger partial charge in [-0.15, -0.1) is 0 Å². The summed E-state index contributed by atoms with van der Waals surface area (Å²) in [5, 5.41) is 3.23. The largest absolute Gasteiger partial charge is 0.365 e. The zero-order valence-electron chi connectivity index (χ0n) is 20.0. The van der Waals surface area contributed by atoms with E-state index < -0.39 is 5.41 Å². The van der Waals surface area contributed by atoms with E-state index >= 15 is 0 Å². The Morgan fingerprint density at radius 1 is 0.912 bits per heavy atom. The zero-order valence-corrected chi connectivity index (χ0v) is 20.0. The van der Waals surface area contributed by atoms with E-state index in [2.05, 4.69) is 34.5 Å². The second-order valence-corrected chi connectivity index (χ2v) is 9.75. The maximum absolute atomic E-state index is 13.5. The van der Waals surface area contributed by atoms with Gasteiger partial charge in [0.15, 0.2) is 0 Å². The predicted octanol–water partition coefficient (Wildman–Crippen LogP) is 5.02. The third-order valence-corrected chi connectivity index (χ3v) is 7.77. The van der Waals surface area contributed by atoms with Gasteiger partial charge in [0.25, 0.3) is 0 Å². The lowest BCUT2D eigenvalue weighted by Gasteiger charge is -2.39. The van der Waals surface area contributed by atoms with Crippen LogP contribution < -0.4 is 5.32 Å². The van der Waals surface area contributed by atoms with Crippen LogP contribution >= 0.6 is 0 Å². The molecule has 34 heavy (non-hydrogen) atoms. The summed E-state index contributed by atoms with van der Waals surface area (Å²) in [4.78, 5) is 16.0. The Morgan fingerprint density at radius 2 is 1.50 bits per heavy atom. The molecule has 0 bridgehead atoms. The zero-order chi connectivity index (χ0) is 23.4. The third-order valence-electron chi connectivity index (χ3n) is 7.77. The van der Waals surface area contributed by atoms with Crippen molar-refractivity contribution in [1.29, 1.82) is 0 Å². The molecular formula is C30H34N2O2. The molecule has 2 aliphatic rings. The highest BCUT2D eigenvalue weighted by Crippen LogP contribution is 2.43. The molecule has 1 amide bonds. The summed E-state index contributed by atoms with van der Waals surface area (Å²) in [6.45, 7) is 6.50. The number of benzene rings is 3. The summed E-state index contributed by atoms with van der Waals surface area (Å²) in [7, 11) is 0. The van der Waals surface area contributed by atoms with E-state index in [1.54, 1.807) is 0 Å². The van der Waals surface area contributed by atoms with Crippen LogP contribution in [0.1, 0.15) is 48.4 Å². The van der Waals surface area contributed by atoms with Crippen molar-refractivity contribution in [1.82, 2.24) is 10.2 Å². The van der Waals surface area contributed by atoms with Gasteiger partial charge in [-0.25, -0.2) is 0 Å². The van der Waals surface area contributed by atoms with E-state index in [4.69, 9.17) is 4.74 Å². The number of nitrogens with zero attached hydrogens (tertiary/aromatic N) is 1. The minimum absolute atomic E-state index is 0.0541. The van der Waals surface area contributed by atoms with Gasteiger partial charge in [0.1, 0.15) is 0 Å². The third kappa shape index (κ3) is 4.28. The fourth-order valence-corrected chi connectivity index (χ4v) is 5.59. The molecule has 0 aliphatic carbocycles. The van der Waals surface area contributed by atoms with Crippen LogP contribution in [-0.2, 0) is 27.2 Å². The topological polar surface area (TPSA) is 41.6 Å². The number of amides is 1. The molecule has 3 aromatic rings. The Labute approximate surface area is 202 Å². The van der Waals surface area contributed by atoms with Crippen molar-refractivity contribution >= 4 is 5.91 Å². The van der Waals surface area contributed by atoms with Gasteiger partial charge in [-0.2, -0.15) is 0 Å². The highest BCUT2D eigenvalue weighted by Gasteiger charge is 2.42. The maximum atomic E-state index is 13.5. The second-order valence-electron chi connectivity index (χ2n) is 9.75. The summed E-state index contributed by atoms with van der Waals surface area (Å²) >= 11 is 0. The van der Waals surface area contributed by atoms with Crippen molar-refractivity contribution < 1.29 is 9.53 Å². The normalized spacial score (nSPS) is 17.4. The van der Waals surface area contributed by atoms with Crippen molar-refractivity contribution in [2.24, 2.45) is 0 Å². The van der Waals surface area contributed by atoms with Crippen LogP contribution in [0.5, 0.6) is 0 Å². The lowest BCUT2D eigenvalue weighted by molar-refractivity contribution is -0.124. The first-order valence-electron chi connectivity index (χ1n) is 12.5. The standard InChI is InChI=1S/C30H34N2O2/c1-29(25-12-4-2-5-13-25,26-14-6-3-7-15-26)28(33)31-19-10-20-32-21-17-30(18-22-32)27-16-9-8-11-24(27)23-34-30/h2-9,11-16H,10,17-23H2,1H3,(H,31,33). The number of piperidine rings is 1. The van der Waals surface area contributed by atoms with Crippen molar-refractivity contribution in [3.63, 3.8) is 0 Å². The monoisotopic (exact) mass is 454 g/mol. The van der Waals surface area contributed by atoms with Crippen LogP contribution in [0.15, 0.2) is 84.9 Å². The van der Waals surface area contributed by atoms with Gasteiger partial charge in [0, 0.05) is 19.6 Å². The van der Waals surface area contributed by atoms with Gasteiger partial charge in [-0.05, 0) is 55.0 Å². The molecule has 1 spiro atoms. The summed E-state index contributed by atoms with van der Waals surface area (Å²) in [6.07, 6.45) is 3.02. The summed E-state index contributed by atoms with van der Waals surface area (Å²) < 4.78 is 6.30. The Morgan fingerprint density at radius 3 is 2.15 bits per heavy atom. The van der Waals surface area contributed by atoms with E-state index in [9.17, 15) is 4.79 Å². The lowest BCUT2D eigenvalue weighted by atomic mass is 9.75. The van der Waals surface area contributed by atoms with Gasteiger partial charge >= 0.3 is 0 Å². The molecule has 5 rings (SSSR count). The predicted molar refractivity (Wildman–Crippen MR) is 136 cm³/mol. The van der Waals surface area contributed by atoms with E-state index in [-0.39, 0.29) is 11.5 Å². The SMILES string of the molecule is CC(C(=O)NCCCN1CCC2(CC1)OCc1ccccc12)(c1ccccc1)c1ccccc1. The molecule has 0 aromatic heterocycles. The Hall–Kier alpha value is -2.95. The van der Waals surface area contributed by atoms with Crippen LogP contribution in [0.2, 0.25) is 0 Å². The Kier molecular flexibility index (Phi) is 6.53. The van der Waals surface area contributed by atoms with Crippen LogP contribution in [0.25, 0.3) is 0 Å². The van der Waals surface area contributed by atoms with Crippen LogP contribution in [0, 0.1) is 0 Å². The van der Waals surface area contributed by atoms with Gasteiger partial charge < -0.3 is 15.0 Å². The van der Waals surface area contributed by atoms with E-state index in [0.29, 0.717) is 6.54 Å². The number of hydrogen-bond acceptors (Lipinski definition) is 3. The van der Waals surface area contributed by atoms with Crippen molar-refractivity contribution in [2.45, 2.75) is 43.8 Å². The van der Waals surface area contributed by atoms with E-state index in [1.165, 1.54) is 11.1 Å². The highest BCUT2D eigenvalue weighted by atomic mass is 16.5. The first-order valence-corrected chi connectivity index (χ1v) is 12.5. The maximum Gasteiger partial charge on any atom is 0.234 e. The molecule has 1 fully saturated rings. The number of rotatable bonds is 7. The van der Waals surface area contributed by atoms with Gasteiger partial charge in [0.05, 0.1) is 17.6 Å². The summed E-state index contributed by atoms with van der Waals surface area (Å²) in [5.74, 6) is 0.0541. The number of likely N-dealkylation sites (tertiary alicyclic amines) is 1. The van der Waals surface area contributed by atoms with Crippen molar-refractivity contribution in [3.8, 4) is 0 Å². The van der Waals surface area contributed by atoms with Gasteiger partial charge in [-0.1, -0.05) is 84.9 Å². The first kappa shape index (κ1) is 22.8. The first-order chi connectivity index (χ1) is 16.6. The molecule has 1 saturated heterocycles. The molecule has 0 atom stereocenters. The fraction of sp³-hybridized carbons (Fsp3) is 0.367. The molecule has 0 saturated carbocycles. The highest BCUT2D eigenvalue weighted by molar-refractivity contribution is 5.91. The minimum atomic E-state index is -0.715. The number of fused-ring (bicyclic) bond motifs is 2. The molecule has 4 nitrogen and oxygen atoms in total. The minimum Gasteiger partial charge on any atom is -0.365 e. The molecule has 2 aliphatic heterocycles. The number of carbonyl (C=O) groups excluding carboxylic acids is 1. The van der Waals surface area contributed by atoms with Crippen molar-refractivity contribution in [2.75, 3.05) is 26.2 Å². The van der Waals surface area contributed by atoms with Crippen LogP contribution in [-0.4, -0.2) is 37.0 Å². The number of nitrogens with one attached hydrogen (secondary N) is 1. The van der Waals surface area contributed by atoms with Crippen LogP contribution in [0.4, 0.5) is 0 Å². The molecule has 176 valence electrons. The summed E-state index contributed by atoms with van der Waals surface area (Å²) in [6, 6.07) is 28.8. The van der Waals surface area contributed by atoms with Crippen molar-refractivity contribution in [3.05, 3.63) is 107 Å². The average Bonchev–Trinajstić information content (AvgIpc) is 3.26. The molecule has 0 radical (unpaired) electrons. The summed E-state index contributed by atoms with van der Waals surface area (Å²) in [5.41, 5.74) is 3.96. The van der Waals surface area contributed by atoms with E-state index in [1.807, 2.05) is 67.6 Å². The lowest BCUT2D eigenvalue weighted by Crippen LogP contribution is -2.45. The number of carbonyl (C=O) groups is 1. The van der Waals surface area contributed by atoms with Gasteiger partial charge in [-0.3, -0.25) is 4.79 Å². The smallest absolute Gasteiger partial charge is 0.234 e. The molecule has 3 aromatic carbocycles. The number of hydrogen-bond donors (Lipinski definition) is 1. The van der Waals surface area contributed by atoms with Crippen LogP contribution in [0.3, 0.4) is 0 Å². The molecular weight excluding hydrogens is 420 g/mol. The molecule has 1 N–H and O–H groups in total. The Bertz CT molecular complexity index is 1070. The van der Waals surface area contributed by atoms with Gasteiger partial charge in [0.2, 0.25) is 5.91 Å². The fourth-order valence-electron chi connectivity index (χ4n) is 5.59. The number of ether oxygens (including phenoxy) is 1. The molecule has 0 unspecified atom stereocenters. The van der Waals surface area contributed by atoms with E-state index in [0.717, 1.165) is 56.6 Å². The molecule has 2 heterocycles. The Balaban J connectivity index is 1.15.